The predicted molar refractivity (Wildman–Crippen MR) is 100 cm³/mol. The van der Waals surface area contributed by atoms with Crippen LogP contribution < -0.4 is 10.5 Å². The summed E-state index contributed by atoms with van der Waals surface area (Å²) in [6.07, 6.45) is 0. The number of hydrogen-bond donors (Lipinski definition) is 1. The van der Waals surface area contributed by atoms with Crippen molar-refractivity contribution in [1.82, 2.24) is 0 Å². The Kier molecular flexibility index (Phi) is 7.03. The van der Waals surface area contributed by atoms with Gasteiger partial charge in [0.25, 0.3) is 5.69 Å². The van der Waals surface area contributed by atoms with E-state index in [0.717, 1.165) is 17.8 Å². The number of ether oxygens (including phenoxy) is 2. The number of nitro benzene ring substituents is 1. The normalized spacial score (nSPS) is 10.3. The van der Waals surface area contributed by atoms with Gasteiger partial charge in [0.2, 0.25) is 5.91 Å². The number of carbonyl (C=O) groups is 2. The molecule has 0 radical (unpaired) electrons. The second-order valence-electron chi connectivity index (χ2n) is 5.21. The molecule has 1 amide bonds. The van der Waals surface area contributed by atoms with E-state index < -0.39 is 16.8 Å². The number of halogens is 1. The lowest BCUT2D eigenvalue weighted by Gasteiger charge is -2.10. The fraction of sp³-hybridized carbons (Fsp3) is 0.176. The van der Waals surface area contributed by atoms with Crippen molar-refractivity contribution < 1.29 is 24.0 Å². The van der Waals surface area contributed by atoms with Crippen molar-refractivity contribution in [3.63, 3.8) is 0 Å². The zero-order chi connectivity index (χ0) is 20.0. The summed E-state index contributed by atoms with van der Waals surface area (Å²) in [7, 11) is 1.49. The second-order valence-corrected chi connectivity index (χ2v) is 6.66. The lowest BCUT2D eigenvalue weighted by molar-refractivity contribution is -0.387. The summed E-state index contributed by atoms with van der Waals surface area (Å²) in [4.78, 5) is 33.9. The van der Waals surface area contributed by atoms with E-state index in [9.17, 15) is 19.7 Å². The number of nitrogens with zero attached hydrogens (tertiary/aromatic N) is 1. The van der Waals surface area contributed by atoms with Crippen LogP contribution in [0.3, 0.4) is 0 Å². The van der Waals surface area contributed by atoms with Crippen LogP contribution >= 0.6 is 23.4 Å². The predicted octanol–water partition coefficient (Wildman–Crippen LogP) is 3.19. The number of thioether (sulfide) groups is 1. The van der Waals surface area contributed by atoms with Gasteiger partial charge in [-0.15, -0.1) is 11.8 Å². The van der Waals surface area contributed by atoms with Gasteiger partial charge in [-0.1, -0.05) is 11.6 Å². The molecule has 0 aromatic heterocycles. The molecular formula is C17H15ClN2O6S. The van der Waals surface area contributed by atoms with Crippen LogP contribution in [0, 0.1) is 10.1 Å². The van der Waals surface area contributed by atoms with Crippen LogP contribution in [0.5, 0.6) is 5.75 Å². The SMILES string of the molecule is COc1ccc(Cl)cc1COC(=O)CSc1ccc(C(N)=O)cc1[N+](=O)[O-]. The first kappa shape index (κ1) is 20.5. The summed E-state index contributed by atoms with van der Waals surface area (Å²) in [6, 6.07) is 8.73. The molecule has 0 bridgehead atoms. The first-order valence-electron chi connectivity index (χ1n) is 7.51. The standard InChI is InChI=1S/C17H15ClN2O6S/c1-25-14-4-3-12(18)6-11(14)8-26-16(21)9-27-15-5-2-10(17(19)22)7-13(15)20(23)24/h2-7H,8-9H2,1H3,(H2,19,22). The van der Waals surface area contributed by atoms with E-state index in [1.54, 1.807) is 18.2 Å². The molecule has 2 rings (SSSR count). The Hall–Kier alpha value is -2.78. The van der Waals surface area contributed by atoms with Crippen LogP contribution in [-0.2, 0) is 16.1 Å². The highest BCUT2D eigenvalue weighted by molar-refractivity contribution is 8.00. The Bertz CT molecular complexity index is 890. The number of esters is 1. The van der Waals surface area contributed by atoms with E-state index in [0.29, 0.717) is 16.3 Å². The minimum atomic E-state index is -0.774. The molecule has 2 N–H and O–H groups in total. The van der Waals surface area contributed by atoms with Crippen LogP contribution in [-0.4, -0.2) is 29.7 Å². The Balaban J connectivity index is 2.01. The topological polar surface area (TPSA) is 122 Å². The number of hydrogen-bond acceptors (Lipinski definition) is 7. The van der Waals surface area contributed by atoms with Gasteiger partial charge < -0.3 is 15.2 Å². The van der Waals surface area contributed by atoms with Crippen molar-refractivity contribution in [3.8, 4) is 5.75 Å². The number of nitrogens with two attached hydrogens (primary N) is 1. The summed E-state index contributed by atoms with van der Waals surface area (Å²) >= 11 is 6.84. The van der Waals surface area contributed by atoms with Crippen molar-refractivity contribution in [3.05, 3.63) is 62.7 Å². The molecule has 0 spiro atoms. The molecule has 0 aliphatic rings. The fourth-order valence-electron chi connectivity index (χ4n) is 2.13. The van der Waals surface area contributed by atoms with E-state index in [-0.39, 0.29) is 28.5 Å². The summed E-state index contributed by atoms with van der Waals surface area (Å²) in [5.74, 6) is -0.975. The van der Waals surface area contributed by atoms with Crippen LogP contribution in [0.1, 0.15) is 15.9 Å². The maximum Gasteiger partial charge on any atom is 0.316 e. The summed E-state index contributed by atoms with van der Waals surface area (Å²) in [5.41, 5.74) is 5.43. The lowest BCUT2D eigenvalue weighted by Crippen LogP contribution is -2.11. The molecular weight excluding hydrogens is 396 g/mol. The minimum Gasteiger partial charge on any atom is -0.496 e. The number of primary amides is 1. The van der Waals surface area contributed by atoms with Gasteiger partial charge in [0.05, 0.1) is 22.7 Å². The zero-order valence-corrected chi connectivity index (χ0v) is 15.7. The highest BCUT2D eigenvalue weighted by Crippen LogP contribution is 2.30. The molecule has 142 valence electrons. The van der Waals surface area contributed by atoms with Crippen LogP contribution in [0.25, 0.3) is 0 Å². The van der Waals surface area contributed by atoms with Gasteiger partial charge in [-0.25, -0.2) is 0 Å². The molecule has 27 heavy (non-hydrogen) atoms. The highest BCUT2D eigenvalue weighted by Gasteiger charge is 2.18. The number of benzene rings is 2. The maximum absolute atomic E-state index is 12.0. The van der Waals surface area contributed by atoms with Gasteiger partial charge in [0, 0.05) is 22.2 Å². The molecule has 0 heterocycles. The van der Waals surface area contributed by atoms with Crippen LogP contribution in [0.15, 0.2) is 41.3 Å². The highest BCUT2D eigenvalue weighted by atomic mass is 35.5. The quantitative estimate of drug-likeness (QED) is 0.307. The Labute approximate surface area is 163 Å². The molecule has 0 saturated carbocycles. The van der Waals surface area contributed by atoms with Crippen molar-refractivity contribution >= 4 is 40.9 Å². The molecule has 0 aliphatic heterocycles. The molecule has 0 unspecified atom stereocenters. The Morgan fingerprint density at radius 1 is 1.26 bits per heavy atom. The van der Waals surface area contributed by atoms with Gasteiger partial charge in [-0.2, -0.15) is 0 Å². The number of nitro groups is 1. The number of amides is 1. The molecule has 0 aliphatic carbocycles. The first-order valence-corrected chi connectivity index (χ1v) is 8.87. The third-order valence-corrected chi connectivity index (χ3v) is 4.69. The van der Waals surface area contributed by atoms with E-state index in [4.69, 9.17) is 26.8 Å². The van der Waals surface area contributed by atoms with E-state index in [2.05, 4.69) is 0 Å². The first-order chi connectivity index (χ1) is 12.8. The van der Waals surface area contributed by atoms with E-state index in [1.165, 1.54) is 19.2 Å². The smallest absolute Gasteiger partial charge is 0.316 e. The van der Waals surface area contributed by atoms with Gasteiger partial charge in [0.1, 0.15) is 12.4 Å². The van der Waals surface area contributed by atoms with Crippen molar-refractivity contribution in [2.75, 3.05) is 12.9 Å². The largest absolute Gasteiger partial charge is 0.496 e. The zero-order valence-electron chi connectivity index (χ0n) is 14.1. The van der Waals surface area contributed by atoms with Crippen molar-refractivity contribution in [1.29, 1.82) is 0 Å². The van der Waals surface area contributed by atoms with E-state index in [1.807, 2.05) is 0 Å². The molecule has 0 atom stereocenters. The third kappa shape index (κ3) is 5.60. The van der Waals surface area contributed by atoms with Gasteiger partial charge in [-0.3, -0.25) is 19.7 Å². The molecule has 0 fully saturated rings. The van der Waals surface area contributed by atoms with Crippen molar-refractivity contribution in [2.24, 2.45) is 5.73 Å². The Morgan fingerprint density at radius 2 is 2.00 bits per heavy atom. The van der Waals surface area contributed by atoms with Crippen LogP contribution in [0.4, 0.5) is 5.69 Å². The summed E-state index contributed by atoms with van der Waals surface area (Å²) in [6.45, 7) is -0.0498. The van der Waals surface area contributed by atoms with Crippen LogP contribution in [0.2, 0.25) is 5.02 Å². The monoisotopic (exact) mass is 410 g/mol. The molecule has 2 aromatic rings. The van der Waals surface area contributed by atoms with E-state index >= 15 is 0 Å². The average molecular weight is 411 g/mol. The lowest BCUT2D eigenvalue weighted by atomic mass is 10.2. The van der Waals surface area contributed by atoms with Gasteiger partial charge in [-0.05, 0) is 30.3 Å². The molecule has 8 nitrogen and oxygen atoms in total. The minimum absolute atomic E-state index is 0.0154. The summed E-state index contributed by atoms with van der Waals surface area (Å²) < 4.78 is 10.3. The number of methoxy groups -OCH3 is 1. The number of carbonyl (C=O) groups excluding carboxylic acids is 2. The summed E-state index contributed by atoms with van der Waals surface area (Å²) in [5, 5.41) is 11.6. The number of rotatable bonds is 8. The second kappa shape index (κ2) is 9.24. The molecule has 2 aromatic carbocycles. The maximum atomic E-state index is 12.0. The molecule has 10 heteroatoms. The van der Waals surface area contributed by atoms with Crippen molar-refractivity contribution in [2.45, 2.75) is 11.5 Å². The van der Waals surface area contributed by atoms with Gasteiger partial charge >= 0.3 is 5.97 Å². The Morgan fingerprint density at radius 3 is 2.63 bits per heavy atom. The molecule has 0 saturated heterocycles. The average Bonchev–Trinajstić information content (AvgIpc) is 2.64. The fourth-order valence-corrected chi connectivity index (χ4v) is 3.13. The third-order valence-electron chi connectivity index (χ3n) is 3.42. The van der Waals surface area contributed by atoms with Gasteiger partial charge in [0.15, 0.2) is 0 Å².